The Kier molecular flexibility index (Phi) is 4.02. The van der Waals surface area contributed by atoms with Crippen molar-refractivity contribution in [2.45, 2.75) is 32.4 Å². The molecule has 1 aromatic carbocycles. The van der Waals surface area contributed by atoms with Gasteiger partial charge in [0.25, 0.3) is 0 Å². The Morgan fingerprint density at radius 1 is 1.41 bits per heavy atom. The van der Waals surface area contributed by atoms with Crippen LogP contribution in [0.1, 0.15) is 19.4 Å². The number of para-hydroxylation sites is 1. The van der Waals surface area contributed by atoms with Crippen LogP contribution in [0.5, 0.6) is 0 Å². The van der Waals surface area contributed by atoms with Crippen LogP contribution in [0.4, 0.5) is 5.69 Å². The van der Waals surface area contributed by atoms with Crippen LogP contribution < -0.4 is 10.6 Å². The van der Waals surface area contributed by atoms with Crippen molar-refractivity contribution in [2.75, 3.05) is 24.6 Å². The van der Waals surface area contributed by atoms with E-state index >= 15 is 0 Å². The van der Waals surface area contributed by atoms with Crippen LogP contribution in [0.3, 0.4) is 0 Å². The van der Waals surface area contributed by atoms with E-state index < -0.39 is 0 Å². The van der Waals surface area contributed by atoms with Crippen LogP contribution in [0.15, 0.2) is 24.3 Å². The summed E-state index contributed by atoms with van der Waals surface area (Å²) in [5.74, 6) is 0. The first-order valence-corrected chi connectivity index (χ1v) is 6.37. The standard InChI is InChI=1S/C14H22N2O/c1-11(2)17-8-7-16-10-13(15)9-12-5-3-4-6-14(12)16/h3-6,11,13H,7-10,15H2,1-2H3. The van der Waals surface area contributed by atoms with Crippen molar-refractivity contribution in [1.82, 2.24) is 0 Å². The molecule has 1 aromatic rings. The molecule has 0 spiro atoms. The minimum atomic E-state index is 0.240. The number of rotatable bonds is 4. The Bertz CT molecular complexity index is 365. The Morgan fingerprint density at radius 3 is 2.94 bits per heavy atom. The highest BCUT2D eigenvalue weighted by atomic mass is 16.5. The smallest absolute Gasteiger partial charge is 0.0645 e. The van der Waals surface area contributed by atoms with Gasteiger partial charge < -0.3 is 15.4 Å². The summed E-state index contributed by atoms with van der Waals surface area (Å²) >= 11 is 0. The van der Waals surface area contributed by atoms with Crippen molar-refractivity contribution in [3.05, 3.63) is 29.8 Å². The average Bonchev–Trinajstić information content (AvgIpc) is 2.28. The fraction of sp³-hybridized carbons (Fsp3) is 0.571. The monoisotopic (exact) mass is 234 g/mol. The molecule has 94 valence electrons. The van der Waals surface area contributed by atoms with E-state index in [4.69, 9.17) is 10.5 Å². The van der Waals surface area contributed by atoms with Crippen LogP contribution in [-0.4, -0.2) is 31.8 Å². The first-order chi connectivity index (χ1) is 8.16. The highest BCUT2D eigenvalue weighted by Gasteiger charge is 2.21. The number of nitrogens with zero attached hydrogens (tertiary/aromatic N) is 1. The molecule has 0 aliphatic carbocycles. The fourth-order valence-corrected chi connectivity index (χ4v) is 2.33. The normalized spacial score (nSPS) is 19.5. The lowest BCUT2D eigenvalue weighted by molar-refractivity contribution is 0.0838. The average molecular weight is 234 g/mol. The maximum absolute atomic E-state index is 6.09. The predicted molar refractivity (Wildman–Crippen MR) is 71.4 cm³/mol. The van der Waals surface area contributed by atoms with Crippen molar-refractivity contribution in [3.63, 3.8) is 0 Å². The summed E-state index contributed by atoms with van der Waals surface area (Å²) in [6.07, 6.45) is 1.28. The SMILES string of the molecule is CC(C)OCCN1CC(N)Cc2ccccc21. The van der Waals surface area contributed by atoms with Crippen molar-refractivity contribution in [3.8, 4) is 0 Å². The summed E-state index contributed by atoms with van der Waals surface area (Å²) in [7, 11) is 0. The zero-order valence-electron chi connectivity index (χ0n) is 10.7. The highest BCUT2D eigenvalue weighted by molar-refractivity contribution is 5.56. The van der Waals surface area contributed by atoms with Crippen LogP contribution in [-0.2, 0) is 11.2 Å². The zero-order valence-corrected chi connectivity index (χ0v) is 10.7. The number of nitrogens with two attached hydrogens (primary N) is 1. The minimum Gasteiger partial charge on any atom is -0.377 e. The third-order valence-electron chi connectivity index (χ3n) is 3.08. The maximum Gasteiger partial charge on any atom is 0.0645 e. The second-order valence-electron chi connectivity index (χ2n) is 4.96. The van der Waals surface area contributed by atoms with Gasteiger partial charge in [0.05, 0.1) is 12.7 Å². The molecule has 0 bridgehead atoms. The number of hydrogen-bond acceptors (Lipinski definition) is 3. The molecule has 1 heterocycles. The Balaban J connectivity index is 2.02. The molecule has 0 saturated heterocycles. The fourth-order valence-electron chi connectivity index (χ4n) is 2.33. The van der Waals surface area contributed by atoms with Gasteiger partial charge in [-0.25, -0.2) is 0 Å². The number of hydrogen-bond donors (Lipinski definition) is 1. The highest BCUT2D eigenvalue weighted by Crippen LogP contribution is 2.25. The summed E-state index contributed by atoms with van der Waals surface area (Å²) in [6, 6.07) is 8.76. The molecule has 17 heavy (non-hydrogen) atoms. The summed E-state index contributed by atoms with van der Waals surface area (Å²) in [6.45, 7) is 6.74. The van der Waals surface area contributed by atoms with Crippen molar-refractivity contribution >= 4 is 5.69 Å². The van der Waals surface area contributed by atoms with E-state index in [0.29, 0.717) is 6.10 Å². The molecule has 2 N–H and O–H groups in total. The van der Waals surface area contributed by atoms with Crippen LogP contribution in [0, 0.1) is 0 Å². The van der Waals surface area contributed by atoms with Gasteiger partial charge in [0.15, 0.2) is 0 Å². The summed E-state index contributed by atoms with van der Waals surface area (Å²) in [4.78, 5) is 2.34. The van der Waals surface area contributed by atoms with Gasteiger partial charge in [-0.15, -0.1) is 0 Å². The van der Waals surface area contributed by atoms with Gasteiger partial charge in [0, 0.05) is 24.8 Å². The zero-order chi connectivity index (χ0) is 12.3. The molecule has 1 unspecified atom stereocenters. The molecular weight excluding hydrogens is 212 g/mol. The van der Waals surface area contributed by atoms with Gasteiger partial charge in [0.2, 0.25) is 0 Å². The number of ether oxygens (including phenoxy) is 1. The first-order valence-electron chi connectivity index (χ1n) is 6.37. The number of fused-ring (bicyclic) bond motifs is 1. The topological polar surface area (TPSA) is 38.5 Å². The number of anilines is 1. The molecule has 0 amide bonds. The van der Waals surface area contributed by atoms with E-state index in [2.05, 4.69) is 43.0 Å². The van der Waals surface area contributed by atoms with E-state index in [0.717, 1.165) is 26.1 Å². The van der Waals surface area contributed by atoms with Crippen molar-refractivity contribution in [2.24, 2.45) is 5.73 Å². The van der Waals surface area contributed by atoms with Gasteiger partial charge in [-0.05, 0) is 31.9 Å². The molecule has 0 aromatic heterocycles. The number of benzene rings is 1. The lowest BCUT2D eigenvalue weighted by atomic mass is 9.98. The van der Waals surface area contributed by atoms with Gasteiger partial charge in [-0.3, -0.25) is 0 Å². The first kappa shape index (κ1) is 12.4. The molecule has 1 aliphatic heterocycles. The van der Waals surface area contributed by atoms with Gasteiger partial charge in [-0.1, -0.05) is 18.2 Å². The molecule has 3 nitrogen and oxygen atoms in total. The Labute approximate surface area is 104 Å². The van der Waals surface area contributed by atoms with Gasteiger partial charge in [-0.2, -0.15) is 0 Å². The summed E-state index contributed by atoms with van der Waals surface area (Å²) in [5, 5.41) is 0. The molecule has 1 aliphatic rings. The van der Waals surface area contributed by atoms with E-state index in [1.54, 1.807) is 0 Å². The van der Waals surface area contributed by atoms with E-state index in [-0.39, 0.29) is 6.04 Å². The lowest BCUT2D eigenvalue weighted by Gasteiger charge is -2.34. The predicted octanol–water partition coefficient (Wildman–Crippen LogP) is 1.80. The van der Waals surface area contributed by atoms with Crippen LogP contribution in [0.25, 0.3) is 0 Å². The molecular formula is C14H22N2O. The van der Waals surface area contributed by atoms with Crippen LogP contribution in [0.2, 0.25) is 0 Å². The molecule has 2 rings (SSSR count). The summed E-state index contributed by atoms with van der Waals surface area (Å²) in [5.41, 5.74) is 8.77. The Morgan fingerprint density at radius 2 is 2.18 bits per heavy atom. The largest absolute Gasteiger partial charge is 0.377 e. The Hall–Kier alpha value is -1.06. The van der Waals surface area contributed by atoms with E-state index in [1.165, 1.54) is 11.3 Å². The lowest BCUT2D eigenvalue weighted by Crippen LogP contribution is -2.44. The third kappa shape index (κ3) is 3.20. The van der Waals surface area contributed by atoms with Crippen LogP contribution >= 0.6 is 0 Å². The molecule has 1 atom stereocenters. The minimum absolute atomic E-state index is 0.240. The second kappa shape index (κ2) is 5.52. The van der Waals surface area contributed by atoms with E-state index in [9.17, 15) is 0 Å². The van der Waals surface area contributed by atoms with Crippen molar-refractivity contribution < 1.29 is 4.74 Å². The molecule has 0 radical (unpaired) electrons. The van der Waals surface area contributed by atoms with Crippen molar-refractivity contribution in [1.29, 1.82) is 0 Å². The molecule has 0 fully saturated rings. The quantitative estimate of drug-likeness (QED) is 0.863. The molecule has 0 saturated carbocycles. The second-order valence-corrected chi connectivity index (χ2v) is 4.96. The third-order valence-corrected chi connectivity index (χ3v) is 3.08. The van der Waals surface area contributed by atoms with E-state index in [1.807, 2.05) is 0 Å². The maximum atomic E-state index is 6.09. The van der Waals surface area contributed by atoms with Gasteiger partial charge >= 0.3 is 0 Å². The summed E-state index contributed by atoms with van der Waals surface area (Å²) < 4.78 is 5.61. The van der Waals surface area contributed by atoms with Gasteiger partial charge in [0.1, 0.15) is 0 Å². The molecule has 3 heteroatoms.